The van der Waals surface area contributed by atoms with Gasteiger partial charge in [-0.2, -0.15) is 0 Å². The number of methoxy groups -OCH3 is 1. The average molecular weight is 337 g/mol. The number of hydrogen-bond donors (Lipinski definition) is 1. The van der Waals surface area contributed by atoms with Gasteiger partial charge < -0.3 is 14.6 Å². The Morgan fingerprint density at radius 3 is 2.64 bits per heavy atom. The Labute approximate surface area is 147 Å². The summed E-state index contributed by atoms with van der Waals surface area (Å²) >= 11 is 0. The maximum Gasteiger partial charge on any atom is 0.223 e. The van der Waals surface area contributed by atoms with Crippen LogP contribution in [-0.4, -0.2) is 41.0 Å². The van der Waals surface area contributed by atoms with Crippen LogP contribution in [0.25, 0.3) is 11.0 Å². The summed E-state index contributed by atoms with van der Waals surface area (Å²) in [4.78, 5) is 22.3. The van der Waals surface area contributed by atoms with E-state index in [1.54, 1.807) is 7.11 Å². The zero-order chi connectivity index (χ0) is 17.5. The molecule has 0 bridgehead atoms. The van der Waals surface area contributed by atoms with E-state index in [1.807, 2.05) is 59.5 Å². The summed E-state index contributed by atoms with van der Waals surface area (Å²) in [7, 11) is 1.65. The van der Waals surface area contributed by atoms with Crippen molar-refractivity contribution in [1.82, 2.24) is 14.9 Å². The van der Waals surface area contributed by atoms with Crippen molar-refractivity contribution in [2.24, 2.45) is 0 Å². The third-order valence-electron chi connectivity index (χ3n) is 4.15. The van der Waals surface area contributed by atoms with E-state index in [4.69, 9.17) is 4.74 Å². The quantitative estimate of drug-likeness (QED) is 0.687. The molecule has 0 fully saturated rings. The number of amides is 1. The lowest BCUT2D eigenvalue weighted by atomic mass is 10.2. The topological polar surface area (TPSA) is 58.2 Å². The number of nitrogens with one attached hydrogen (secondary N) is 1. The van der Waals surface area contributed by atoms with E-state index in [9.17, 15) is 4.79 Å². The molecule has 1 aromatic heterocycles. The molecular formula is C20H23N3O2. The number of rotatable bonds is 8. The number of H-pyrrole nitrogens is 1. The second-order valence-corrected chi connectivity index (χ2v) is 5.99. The number of aromatic amines is 1. The van der Waals surface area contributed by atoms with Crippen molar-refractivity contribution in [1.29, 1.82) is 0 Å². The van der Waals surface area contributed by atoms with Gasteiger partial charge in [-0.1, -0.05) is 42.5 Å². The summed E-state index contributed by atoms with van der Waals surface area (Å²) in [5.74, 6) is 0.960. The number of carbonyl (C=O) groups is 1. The third-order valence-corrected chi connectivity index (χ3v) is 4.15. The van der Waals surface area contributed by atoms with Gasteiger partial charge in [0.25, 0.3) is 0 Å². The largest absolute Gasteiger partial charge is 0.383 e. The van der Waals surface area contributed by atoms with E-state index < -0.39 is 0 Å². The lowest BCUT2D eigenvalue weighted by Gasteiger charge is -2.22. The van der Waals surface area contributed by atoms with E-state index >= 15 is 0 Å². The molecule has 0 atom stereocenters. The lowest BCUT2D eigenvalue weighted by molar-refractivity contribution is -0.132. The summed E-state index contributed by atoms with van der Waals surface area (Å²) in [6.07, 6.45) is 1.03. The fourth-order valence-corrected chi connectivity index (χ4v) is 2.80. The molecule has 0 saturated carbocycles. The maximum absolute atomic E-state index is 12.7. The standard InChI is InChI=1S/C20H23N3O2/c1-25-14-13-23(15-16-7-3-2-4-8-16)20(24)12-11-19-21-17-9-5-6-10-18(17)22-19/h2-10H,11-15H2,1H3,(H,21,22). The summed E-state index contributed by atoms with van der Waals surface area (Å²) in [5.41, 5.74) is 3.06. The van der Waals surface area contributed by atoms with E-state index in [0.717, 1.165) is 22.4 Å². The molecular weight excluding hydrogens is 314 g/mol. The zero-order valence-electron chi connectivity index (χ0n) is 14.4. The first-order chi connectivity index (χ1) is 12.3. The van der Waals surface area contributed by atoms with Crippen LogP contribution in [0.5, 0.6) is 0 Å². The molecule has 1 amide bonds. The van der Waals surface area contributed by atoms with E-state index in [0.29, 0.717) is 32.5 Å². The molecule has 0 radical (unpaired) electrons. The zero-order valence-corrected chi connectivity index (χ0v) is 14.4. The van der Waals surface area contributed by atoms with Gasteiger partial charge in [0.15, 0.2) is 0 Å². The number of aromatic nitrogens is 2. The van der Waals surface area contributed by atoms with E-state index in [-0.39, 0.29) is 5.91 Å². The number of carbonyl (C=O) groups excluding carboxylic acids is 1. The Bertz CT molecular complexity index is 781. The Balaban J connectivity index is 1.62. The number of nitrogens with zero attached hydrogens (tertiary/aromatic N) is 2. The van der Waals surface area contributed by atoms with Gasteiger partial charge in [-0.05, 0) is 17.7 Å². The first kappa shape index (κ1) is 17.2. The van der Waals surface area contributed by atoms with Crippen molar-refractivity contribution in [2.45, 2.75) is 19.4 Å². The Morgan fingerprint density at radius 1 is 1.12 bits per heavy atom. The average Bonchev–Trinajstić information content (AvgIpc) is 3.07. The van der Waals surface area contributed by atoms with Crippen LogP contribution in [0.4, 0.5) is 0 Å². The number of aryl methyl sites for hydroxylation is 1. The number of para-hydroxylation sites is 2. The van der Waals surface area contributed by atoms with Crippen molar-refractivity contribution >= 4 is 16.9 Å². The number of benzene rings is 2. The Kier molecular flexibility index (Phi) is 5.80. The van der Waals surface area contributed by atoms with Crippen molar-refractivity contribution in [2.75, 3.05) is 20.3 Å². The van der Waals surface area contributed by atoms with Gasteiger partial charge in [0.2, 0.25) is 5.91 Å². The second-order valence-electron chi connectivity index (χ2n) is 5.99. The highest BCUT2D eigenvalue weighted by Gasteiger charge is 2.15. The fraction of sp³-hybridized carbons (Fsp3) is 0.300. The fourth-order valence-electron chi connectivity index (χ4n) is 2.80. The highest BCUT2D eigenvalue weighted by Crippen LogP contribution is 2.13. The maximum atomic E-state index is 12.7. The van der Waals surface area contributed by atoms with Crippen LogP contribution in [0.1, 0.15) is 17.8 Å². The first-order valence-electron chi connectivity index (χ1n) is 8.50. The minimum atomic E-state index is 0.112. The summed E-state index contributed by atoms with van der Waals surface area (Å²) in [5, 5.41) is 0. The van der Waals surface area contributed by atoms with Gasteiger partial charge in [0.1, 0.15) is 5.82 Å². The molecule has 0 aliphatic carbocycles. The van der Waals surface area contributed by atoms with E-state index in [2.05, 4.69) is 9.97 Å². The molecule has 25 heavy (non-hydrogen) atoms. The minimum absolute atomic E-state index is 0.112. The van der Waals surface area contributed by atoms with Crippen LogP contribution >= 0.6 is 0 Å². The summed E-state index contributed by atoms with van der Waals surface area (Å²) < 4.78 is 5.15. The molecule has 1 heterocycles. The van der Waals surface area contributed by atoms with Crippen molar-refractivity contribution in [3.8, 4) is 0 Å². The van der Waals surface area contributed by atoms with Crippen LogP contribution in [0.2, 0.25) is 0 Å². The van der Waals surface area contributed by atoms with Gasteiger partial charge >= 0.3 is 0 Å². The normalized spacial score (nSPS) is 10.9. The minimum Gasteiger partial charge on any atom is -0.383 e. The van der Waals surface area contributed by atoms with Gasteiger partial charge in [-0.3, -0.25) is 4.79 Å². The molecule has 0 saturated heterocycles. The van der Waals surface area contributed by atoms with Crippen LogP contribution in [-0.2, 0) is 22.5 Å². The SMILES string of the molecule is COCCN(Cc1ccccc1)C(=O)CCc1nc2ccccc2[nH]1. The van der Waals surface area contributed by atoms with Gasteiger partial charge in [-0.25, -0.2) is 4.98 Å². The predicted molar refractivity (Wildman–Crippen MR) is 98.1 cm³/mol. The summed E-state index contributed by atoms with van der Waals surface area (Å²) in [6, 6.07) is 17.9. The van der Waals surface area contributed by atoms with Gasteiger partial charge in [-0.15, -0.1) is 0 Å². The molecule has 2 aromatic carbocycles. The van der Waals surface area contributed by atoms with Crippen LogP contribution in [0, 0.1) is 0 Å². The Morgan fingerprint density at radius 2 is 1.88 bits per heavy atom. The number of fused-ring (bicyclic) bond motifs is 1. The molecule has 0 aliphatic heterocycles. The monoisotopic (exact) mass is 337 g/mol. The number of hydrogen-bond acceptors (Lipinski definition) is 3. The number of imidazole rings is 1. The highest BCUT2D eigenvalue weighted by molar-refractivity contribution is 5.77. The molecule has 3 rings (SSSR count). The molecule has 0 spiro atoms. The molecule has 3 aromatic rings. The van der Waals surface area contributed by atoms with Gasteiger partial charge in [0, 0.05) is 33.0 Å². The first-order valence-corrected chi connectivity index (χ1v) is 8.50. The van der Waals surface area contributed by atoms with E-state index in [1.165, 1.54) is 0 Å². The molecule has 1 N–H and O–H groups in total. The smallest absolute Gasteiger partial charge is 0.223 e. The van der Waals surface area contributed by atoms with Crippen molar-refractivity contribution in [3.05, 3.63) is 66.0 Å². The predicted octanol–water partition coefficient (Wildman–Crippen LogP) is 3.17. The van der Waals surface area contributed by atoms with Gasteiger partial charge in [0.05, 0.1) is 17.6 Å². The molecule has 130 valence electrons. The van der Waals surface area contributed by atoms with Crippen LogP contribution < -0.4 is 0 Å². The van der Waals surface area contributed by atoms with Crippen LogP contribution in [0.3, 0.4) is 0 Å². The molecule has 5 heteroatoms. The lowest BCUT2D eigenvalue weighted by Crippen LogP contribution is -2.33. The molecule has 5 nitrogen and oxygen atoms in total. The molecule has 0 aliphatic rings. The van der Waals surface area contributed by atoms with Crippen molar-refractivity contribution in [3.63, 3.8) is 0 Å². The summed E-state index contributed by atoms with van der Waals surface area (Å²) in [6.45, 7) is 1.72. The third kappa shape index (κ3) is 4.67. The van der Waals surface area contributed by atoms with Crippen LogP contribution in [0.15, 0.2) is 54.6 Å². The van der Waals surface area contributed by atoms with Crippen molar-refractivity contribution < 1.29 is 9.53 Å². The molecule has 0 unspecified atom stereocenters. The Hall–Kier alpha value is -2.66. The number of ether oxygens (including phenoxy) is 1. The second kappa shape index (κ2) is 8.44. The highest BCUT2D eigenvalue weighted by atomic mass is 16.5.